The standard InChI is InChI=1S/C13H11N3O4/c1-8(17)19-7-20-12-6-11-9-4-2-3-5-10(9)14-13(18)16(11)15-12/h2-6H,7H2,1H3,(H,14,18). The van der Waals surface area contributed by atoms with E-state index in [2.05, 4.69) is 14.8 Å². The van der Waals surface area contributed by atoms with Crippen LogP contribution in [0.1, 0.15) is 6.92 Å². The minimum absolute atomic E-state index is 0.216. The van der Waals surface area contributed by atoms with Gasteiger partial charge in [0.2, 0.25) is 12.7 Å². The number of para-hydroxylation sites is 1. The smallest absolute Gasteiger partial charge is 0.347 e. The lowest BCUT2D eigenvalue weighted by Crippen LogP contribution is -2.17. The quantitative estimate of drug-likeness (QED) is 0.570. The fraction of sp³-hybridized carbons (Fsp3) is 0.154. The summed E-state index contributed by atoms with van der Waals surface area (Å²) in [5, 5.41) is 4.87. The summed E-state index contributed by atoms with van der Waals surface area (Å²) in [6.07, 6.45) is 0. The van der Waals surface area contributed by atoms with Crippen LogP contribution in [0, 0.1) is 0 Å². The number of rotatable bonds is 3. The number of nitrogens with zero attached hydrogens (tertiary/aromatic N) is 2. The van der Waals surface area contributed by atoms with Crippen molar-refractivity contribution in [2.45, 2.75) is 6.92 Å². The molecule has 0 amide bonds. The first kappa shape index (κ1) is 12.2. The second kappa shape index (κ2) is 4.69. The lowest BCUT2D eigenvalue weighted by Gasteiger charge is -2.00. The Balaban J connectivity index is 2.05. The third-order valence-electron chi connectivity index (χ3n) is 2.79. The van der Waals surface area contributed by atoms with E-state index in [1.54, 1.807) is 6.07 Å². The van der Waals surface area contributed by atoms with Crippen LogP contribution in [-0.2, 0) is 9.53 Å². The molecule has 0 radical (unpaired) electrons. The molecule has 0 aliphatic carbocycles. The number of aromatic amines is 1. The van der Waals surface area contributed by atoms with Gasteiger partial charge in [-0.05, 0) is 6.07 Å². The number of fused-ring (bicyclic) bond motifs is 3. The summed E-state index contributed by atoms with van der Waals surface area (Å²) in [5.41, 5.74) is 0.986. The van der Waals surface area contributed by atoms with Gasteiger partial charge in [0.25, 0.3) is 0 Å². The van der Waals surface area contributed by atoms with Gasteiger partial charge in [-0.25, -0.2) is 4.79 Å². The predicted molar refractivity (Wildman–Crippen MR) is 70.6 cm³/mol. The molecule has 102 valence electrons. The number of ether oxygens (including phenoxy) is 2. The molecule has 1 N–H and O–H groups in total. The van der Waals surface area contributed by atoms with Gasteiger partial charge in [-0.15, -0.1) is 5.10 Å². The van der Waals surface area contributed by atoms with E-state index in [4.69, 9.17) is 4.74 Å². The zero-order valence-electron chi connectivity index (χ0n) is 10.6. The van der Waals surface area contributed by atoms with E-state index in [1.165, 1.54) is 11.4 Å². The highest BCUT2D eigenvalue weighted by atomic mass is 16.7. The first-order chi connectivity index (χ1) is 9.65. The van der Waals surface area contributed by atoms with E-state index in [1.807, 2.05) is 24.3 Å². The van der Waals surface area contributed by atoms with Gasteiger partial charge in [0, 0.05) is 18.4 Å². The molecule has 2 heterocycles. The number of hydrogen-bond donors (Lipinski definition) is 1. The van der Waals surface area contributed by atoms with Crippen molar-refractivity contribution >= 4 is 22.4 Å². The summed E-state index contributed by atoms with van der Waals surface area (Å²) in [4.78, 5) is 25.3. The molecule has 3 aromatic rings. The van der Waals surface area contributed by atoms with Gasteiger partial charge in [-0.3, -0.25) is 4.79 Å². The normalized spacial score (nSPS) is 10.8. The van der Waals surface area contributed by atoms with E-state index in [0.717, 1.165) is 10.9 Å². The van der Waals surface area contributed by atoms with Gasteiger partial charge in [-0.1, -0.05) is 18.2 Å². The zero-order chi connectivity index (χ0) is 14.1. The van der Waals surface area contributed by atoms with Gasteiger partial charge >= 0.3 is 11.7 Å². The molecule has 0 aliphatic heterocycles. The minimum Gasteiger partial charge on any atom is -0.439 e. The second-order valence-corrected chi connectivity index (χ2v) is 4.15. The van der Waals surface area contributed by atoms with Crippen LogP contribution in [0.25, 0.3) is 16.4 Å². The number of carbonyl (C=O) groups excluding carboxylic acids is 1. The molecule has 0 spiro atoms. The molecule has 2 aromatic heterocycles. The summed E-state index contributed by atoms with van der Waals surface area (Å²) < 4.78 is 11.1. The molecule has 7 nitrogen and oxygen atoms in total. The molecule has 20 heavy (non-hydrogen) atoms. The first-order valence-electron chi connectivity index (χ1n) is 5.92. The van der Waals surface area contributed by atoms with Crippen LogP contribution < -0.4 is 10.4 Å². The summed E-state index contributed by atoms with van der Waals surface area (Å²) in [6.45, 7) is 1.04. The first-order valence-corrected chi connectivity index (χ1v) is 5.92. The van der Waals surface area contributed by atoms with Crippen molar-refractivity contribution in [3.63, 3.8) is 0 Å². The molecule has 0 fully saturated rings. The van der Waals surface area contributed by atoms with Gasteiger partial charge in [0.1, 0.15) is 0 Å². The summed E-state index contributed by atoms with van der Waals surface area (Å²) >= 11 is 0. The number of carbonyl (C=O) groups is 1. The van der Waals surface area contributed by atoms with Crippen molar-refractivity contribution in [3.8, 4) is 5.88 Å². The van der Waals surface area contributed by atoms with Gasteiger partial charge < -0.3 is 14.5 Å². The molecule has 0 aliphatic rings. The minimum atomic E-state index is -0.447. The number of nitrogens with one attached hydrogen (secondary N) is 1. The van der Waals surface area contributed by atoms with Crippen molar-refractivity contribution in [2.24, 2.45) is 0 Å². The average Bonchev–Trinajstić information content (AvgIpc) is 2.83. The molecule has 0 atom stereocenters. The highest BCUT2D eigenvalue weighted by molar-refractivity contribution is 5.93. The number of H-pyrrole nitrogens is 1. The van der Waals surface area contributed by atoms with E-state index in [0.29, 0.717) is 5.52 Å². The molecule has 0 saturated heterocycles. The third-order valence-corrected chi connectivity index (χ3v) is 2.79. The Bertz CT molecular complexity index is 850. The highest BCUT2D eigenvalue weighted by Gasteiger charge is 2.09. The Hall–Kier alpha value is -2.83. The van der Waals surface area contributed by atoms with Gasteiger partial charge in [-0.2, -0.15) is 4.52 Å². The number of hydrogen-bond acceptors (Lipinski definition) is 5. The van der Waals surface area contributed by atoms with Crippen molar-refractivity contribution < 1.29 is 14.3 Å². The second-order valence-electron chi connectivity index (χ2n) is 4.15. The van der Waals surface area contributed by atoms with Crippen LogP contribution in [0.4, 0.5) is 0 Å². The van der Waals surface area contributed by atoms with Crippen LogP contribution in [0.2, 0.25) is 0 Å². The molecular formula is C13H11N3O4. The average molecular weight is 273 g/mol. The Morgan fingerprint density at radius 1 is 1.40 bits per heavy atom. The van der Waals surface area contributed by atoms with E-state index in [-0.39, 0.29) is 18.4 Å². The number of esters is 1. The van der Waals surface area contributed by atoms with E-state index < -0.39 is 5.97 Å². The molecule has 0 bridgehead atoms. The largest absolute Gasteiger partial charge is 0.439 e. The molecule has 0 unspecified atom stereocenters. The SMILES string of the molecule is CC(=O)OCOc1cc2c3ccccc3[nH]c(=O)n2n1. The number of benzene rings is 1. The molecule has 1 aromatic carbocycles. The maximum Gasteiger partial charge on any atom is 0.347 e. The monoisotopic (exact) mass is 273 g/mol. The van der Waals surface area contributed by atoms with Crippen LogP contribution in [0.5, 0.6) is 5.88 Å². The van der Waals surface area contributed by atoms with Crippen molar-refractivity contribution in [1.82, 2.24) is 14.6 Å². The van der Waals surface area contributed by atoms with E-state index >= 15 is 0 Å². The maximum absolute atomic E-state index is 11.9. The Kier molecular flexibility index (Phi) is 2.86. The van der Waals surface area contributed by atoms with Crippen molar-refractivity contribution in [2.75, 3.05) is 6.79 Å². The van der Waals surface area contributed by atoms with Gasteiger partial charge in [0.15, 0.2) is 0 Å². The fourth-order valence-corrected chi connectivity index (χ4v) is 1.93. The summed E-state index contributed by atoms with van der Waals surface area (Å²) in [6, 6.07) is 9.01. The molecule has 3 rings (SSSR count). The fourth-order valence-electron chi connectivity index (χ4n) is 1.93. The molecule has 7 heteroatoms. The van der Waals surface area contributed by atoms with E-state index in [9.17, 15) is 9.59 Å². The third kappa shape index (κ3) is 2.09. The lowest BCUT2D eigenvalue weighted by atomic mass is 10.2. The predicted octanol–water partition coefficient (Wildman–Crippen LogP) is 1.08. The zero-order valence-corrected chi connectivity index (χ0v) is 10.6. The van der Waals surface area contributed by atoms with Crippen LogP contribution in [-0.4, -0.2) is 27.4 Å². The van der Waals surface area contributed by atoms with Crippen LogP contribution >= 0.6 is 0 Å². The van der Waals surface area contributed by atoms with Crippen LogP contribution in [0.15, 0.2) is 35.1 Å². The highest BCUT2D eigenvalue weighted by Crippen LogP contribution is 2.19. The molecule has 0 saturated carbocycles. The van der Waals surface area contributed by atoms with Crippen LogP contribution in [0.3, 0.4) is 0 Å². The Labute approximate surface area is 112 Å². The Morgan fingerprint density at radius 3 is 3.00 bits per heavy atom. The topological polar surface area (TPSA) is 85.7 Å². The van der Waals surface area contributed by atoms with Crippen molar-refractivity contribution in [1.29, 1.82) is 0 Å². The van der Waals surface area contributed by atoms with Gasteiger partial charge in [0.05, 0.1) is 11.0 Å². The summed E-state index contributed by atoms with van der Waals surface area (Å²) in [5.74, 6) is -0.231. The lowest BCUT2D eigenvalue weighted by molar-refractivity contribution is -0.147. The van der Waals surface area contributed by atoms with Crippen molar-refractivity contribution in [3.05, 3.63) is 40.8 Å². The molecular weight excluding hydrogens is 262 g/mol. The Morgan fingerprint density at radius 2 is 2.20 bits per heavy atom. The maximum atomic E-state index is 11.9. The number of aromatic nitrogens is 3. The summed E-state index contributed by atoms with van der Waals surface area (Å²) in [7, 11) is 0.